The van der Waals surface area contributed by atoms with E-state index in [0.29, 0.717) is 5.82 Å². The molecule has 0 saturated heterocycles. The van der Waals surface area contributed by atoms with Crippen molar-refractivity contribution in [3.63, 3.8) is 0 Å². The van der Waals surface area contributed by atoms with Crippen LogP contribution < -0.4 is 0 Å². The van der Waals surface area contributed by atoms with E-state index in [2.05, 4.69) is 37.3 Å². The lowest BCUT2D eigenvalue weighted by molar-refractivity contribution is 0.807. The molecular weight excluding hydrogens is 214 g/mol. The van der Waals surface area contributed by atoms with Crippen LogP contribution in [0.4, 0.5) is 0 Å². The molecular formula is C12H11N5. The third-order valence-electron chi connectivity index (χ3n) is 2.61. The average molecular weight is 225 g/mol. The molecule has 0 fully saturated rings. The van der Waals surface area contributed by atoms with Gasteiger partial charge in [-0.15, -0.1) is 5.10 Å². The zero-order valence-corrected chi connectivity index (χ0v) is 9.11. The number of tetrazole rings is 1. The second kappa shape index (κ2) is 4.21. The highest BCUT2D eigenvalue weighted by atomic mass is 15.5. The van der Waals surface area contributed by atoms with Gasteiger partial charge in [-0.2, -0.15) is 0 Å². The number of hydrogen-bond acceptors (Lipinski definition) is 3. The lowest BCUT2D eigenvalue weighted by atomic mass is 10.2. The number of nitrogens with zero attached hydrogens (tertiary/aromatic N) is 4. The summed E-state index contributed by atoms with van der Waals surface area (Å²) in [5.74, 6) is 0.686. The van der Waals surface area contributed by atoms with Gasteiger partial charge in [-0.05, 0) is 28.1 Å². The van der Waals surface area contributed by atoms with Gasteiger partial charge in [0.2, 0.25) is 0 Å². The van der Waals surface area contributed by atoms with Gasteiger partial charge in [-0.25, -0.2) is 5.10 Å². The third kappa shape index (κ3) is 1.94. The number of nitrogens with one attached hydrogen (secondary N) is 1. The predicted molar refractivity (Wildman–Crippen MR) is 63.1 cm³/mol. The van der Waals surface area contributed by atoms with Crippen LogP contribution in [0.3, 0.4) is 0 Å². The van der Waals surface area contributed by atoms with E-state index in [-0.39, 0.29) is 0 Å². The van der Waals surface area contributed by atoms with Crippen molar-refractivity contribution in [1.82, 2.24) is 25.2 Å². The number of hydrogen-bond donors (Lipinski definition) is 1. The molecule has 0 atom stereocenters. The quantitative estimate of drug-likeness (QED) is 0.738. The maximum Gasteiger partial charge on any atom is 0.196 e. The molecule has 0 bridgehead atoms. The molecule has 3 aromatic rings. The molecule has 0 aliphatic heterocycles. The number of rotatable bonds is 3. The molecule has 0 unspecified atom stereocenters. The van der Waals surface area contributed by atoms with Crippen LogP contribution in [-0.2, 0) is 6.54 Å². The van der Waals surface area contributed by atoms with Crippen molar-refractivity contribution in [2.75, 3.05) is 0 Å². The molecule has 0 radical (unpaired) electrons. The maximum absolute atomic E-state index is 3.92. The summed E-state index contributed by atoms with van der Waals surface area (Å²) in [5.41, 5.74) is 2.23. The van der Waals surface area contributed by atoms with Crippen LogP contribution in [0.5, 0.6) is 0 Å². The van der Waals surface area contributed by atoms with E-state index < -0.39 is 0 Å². The van der Waals surface area contributed by atoms with Crippen molar-refractivity contribution >= 4 is 0 Å². The lowest BCUT2D eigenvalue weighted by Gasteiger charge is -2.06. The van der Waals surface area contributed by atoms with Crippen molar-refractivity contribution in [1.29, 1.82) is 0 Å². The molecule has 17 heavy (non-hydrogen) atoms. The first-order chi connectivity index (χ1) is 8.43. The van der Waals surface area contributed by atoms with Gasteiger partial charge in [-0.1, -0.05) is 30.3 Å². The molecule has 5 heteroatoms. The molecule has 84 valence electrons. The summed E-state index contributed by atoms with van der Waals surface area (Å²) in [5, 5.41) is 13.9. The van der Waals surface area contributed by atoms with Gasteiger partial charge in [0.15, 0.2) is 5.82 Å². The standard InChI is InChI=1S/C12H11N5/c1-2-5-10(6-3-1)9-17-8-4-7-11(17)12-13-15-16-14-12/h1-8H,9H2,(H,13,14,15,16). The van der Waals surface area contributed by atoms with Gasteiger partial charge in [0, 0.05) is 12.7 Å². The van der Waals surface area contributed by atoms with E-state index in [9.17, 15) is 0 Å². The largest absolute Gasteiger partial charge is 0.340 e. The molecule has 3 rings (SSSR count). The van der Waals surface area contributed by atoms with Crippen molar-refractivity contribution in [3.8, 4) is 11.5 Å². The Labute approximate surface area is 98.1 Å². The Morgan fingerprint density at radius 2 is 1.94 bits per heavy atom. The number of benzene rings is 1. The van der Waals surface area contributed by atoms with Crippen LogP contribution >= 0.6 is 0 Å². The van der Waals surface area contributed by atoms with Gasteiger partial charge in [0.25, 0.3) is 0 Å². The van der Waals surface area contributed by atoms with Gasteiger partial charge in [0.1, 0.15) is 0 Å². The Morgan fingerprint density at radius 3 is 2.71 bits per heavy atom. The minimum Gasteiger partial charge on any atom is -0.340 e. The van der Waals surface area contributed by atoms with Crippen LogP contribution in [0.25, 0.3) is 11.5 Å². The first kappa shape index (κ1) is 9.77. The fourth-order valence-corrected chi connectivity index (χ4v) is 1.81. The first-order valence-corrected chi connectivity index (χ1v) is 5.36. The first-order valence-electron chi connectivity index (χ1n) is 5.36. The van der Waals surface area contributed by atoms with Gasteiger partial charge in [0.05, 0.1) is 5.69 Å². The molecule has 1 aromatic carbocycles. The van der Waals surface area contributed by atoms with Crippen molar-refractivity contribution < 1.29 is 0 Å². The van der Waals surface area contributed by atoms with Gasteiger partial charge >= 0.3 is 0 Å². The van der Waals surface area contributed by atoms with Crippen LogP contribution in [0.2, 0.25) is 0 Å². The average Bonchev–Trinajstić information content (AvgIpc) is 3.00. The second-order valence-corrected chi connectivity index (χ2v) is 3.76. The highest BCUT2D eigenvalue weighted by Gasteiger charge is 2.07. The highest BCUT2D eigenvalue weighted by Crippen LogP contribution is 2.15. The summed E-state index contributed by atoms with van der Waals surface area (Å²) in [6.07, 6.45) is 2.02. The van der Waals surface area contributed by atoms with E-state index in [1.54, 1.807) is 0 Å². The molecule has 1 N–H and O–H groups in total. The molecule has 0 aliphatic carbocycles. The molecule has 0 saturated carbocycles. The Kier molecular flexibility index (Phi) is 2.42. The fourth-order valence-electron chi connectivity index (χ4n) is 1.81. The second-order valence-electron chi connectivity index (χ2n) is 3.76. The molecule has 5 nitrogen and oxygen atoms in total. The molecule has 2 aromatic heterocycles. The zero-order valence-electron chi connectivity index (χ0n) is 9.11. The summed E-state index contributed by atoms with van der Waals surface area (Å²) in [6.45, 7) is 0.809. The van der Waals surface area contributed by atoms with Crippen molar-refractivity contribution in [2.24, 2.45) is 0 Å². The molecule has 0 amide bonds. The van der Waals surface area contributed by atoms with Crippen LogP contribution in [-0.4, -0.2) is 25.2 Å². The smallest absolute Gasteiger partial charge is 0.196 e. The predicted octanol–water partition coefficient (Wildman–Crippen LogP) is 1.72. The minimum atomic E-state index is 0.686. The Hall–Kier alpha value is -2.43. The number of H-pyrrole nitrogens is 1. The normalized spacial score (nSPS) is 10.6. The maximum atomic E-state index is 3.92. The Balaban J connectivity index is 1.92. The summed E-state index contributed by atoms with van der Waals surface area (Å²) < 4.78 is 2.11. The highest BCUT2D eigenvalue weighted by molar-refractivity contribution is 5.49. The van der Waals surface area contributed by atoms with E-state index in [1.807, 2.05) is 36.5 Å². The number of aromatic nitrogens is 5. The van der Waals surface area contributed by atoms with E-state index in [0.717, 1.165) is 12.2 Å². The molecule has 0 spiro atoms. The SMILES string of the molecule is c1ccc(Cn2cccc2-c2nnn[nH]2)cc1. The summed E-state index contributed by atoms with van der Waals surface area (Å²) in [4.78, 5) is 0. The monoisotopic (exact) mass is 225 g/mol. The molecule has 0 aliphatic rings. The number of aromatic amines is 1. The third-order valence-corrected chi connectivity index (χ3v) is 2.61. The van der Waals surface area contributed by atoms with Crippen molar-refractivity contribution in [2.45, 2.75) is 6.54 Å². The van der Waals surface area contributed by atoms with Crippen LogP contribution in [0.1, 0.15) is 5.56 Å². The Morgan fingerprint density at radius 1 is 1.06 bits per heavy atom. The van der Waals surface area contributed by atoms with E-state index in [4.69, 9.17) is 0 Å². The van der Waals surface area contributed by atoms with E-state index >= 15 is 0 Å². The van der Waals surface area contributed by atoms with Crippen LogP contribution in [0.15, 0.2) is 48.7 Å². The molecule has 2 heterocycles. The van der Waals surface area contributed by atoms with E-state index in [1.165, 1.54) is 5.56 Å². The van der Waals surface area contributed by atoms with Gasteiger partial charge in [-0.3, -0.25) is 0 Å². The summed E-state index contributed by atoms with van der Waals surface area (Å²) in [7, 11) is 0. The zero-order chi connectivity index (χ0) is 11.5. The van der Waals surface area contributed by atoms with Gasteiger partial charge < -0.3 is 4.57 Å². The lowest BCUT2D eigenvalue weighted by Crippen LogP contribution is -2.00. The van der Waals surface area contributed by atoms with Crippen molar-refractivity contribution in [3.05, 3.63) is 54.2 Å². The summed E-state index contributed by atoms with van der Waals surface area (Å²) >= 11 is 0. The Bertz CT molecular complexity index is 582. The minimum absolute atomic E-state index is 0.686. The topological polar surface area (TPSA) is 59.4 Å². The van der Waals surface area contributed by atoms with Crippen LogP contribution in [0, 0.1) is 0 Å². The summed E-state index contributed by atoms with van der Waals surface area (Å²) in [6, 6.07) is 14.3. The fraction of sp³-hybridized carbons (Fsp3) is 0.0833.